The summed E-state index contributed by atoms with van der Waals surface area (Å²) in [6.07, 6.45) is 1.87. The van der Waals surface area contributed by atoms with Crippen LogP contribution in [0, 0.1) is 0 Å². The van der Waals surface area contributed by atoms with Crippen molar-refractivity contribution in [2.75, 3.05) is 30.7 Å². The summed E-state index contributed by atoms with van der Waals surface area (Å²) in [7, 11) is 3.98. The minimum atomic E-state index is -0.129. The third-order valence-corrected chi connectivity index (χ3v) is 5.42. The first-order valence-corrected chi connectivity index (χ1v) is 9.20. The van der Waals surface area contributed by atoms with Crippen molar-refractivity contribution >= 4 is 51.7 Å². The molecule has 0 atom stereocenters. The average molecular weight is 384 g/mol. The molecule has 2 heterocycles. The highest BCUT2D eigenvalue weighted by atomic mass is 32.2. The van der Waals surface area contributed by atoms with E-state index in [1.807, 2.05) is 55.4 Å². The Balaban J connectivity index is 1.61. The van der Waals surface area contributed by atoms with Crippen LogP contribution in [-0.2, 0) is 4.79 Å². The SMILES string of the molecule is CN(C)c1ccc(C=C2SC(=S)N(c3ccc4c(c3)OCO4)C2=O)cc1. The normalized spacial score (nSPS) is 17.3. The summed E-state index contributed by atoms with van der Waals surface area (Å²) in [5, 5.41) is 0. The first-order chi connectivity index (χ1) is 12.5. The number of anilines is 2. The molecule has 0 N–H and O–H groups in total. The highest BCUT2D eigenvalue weighted by Gasteiger charge is 2.34. The lowest BCUT2D eigenvalue weighted by molar-refractivity contribution is -0.113. The van der Waals surface area contributed by atoms with Crippen LogP contribution in [0.1, 0.15) is 5.56 Å². The molecular formula is C19H16N2O3S2. The van der Waals surface area contributed by atoms with Crippen molar-refractivity contribution in [2.24, 2.45) is 0 Å². The number of thioether (sulfide) groups is 1. The molecule has 0 aromatic heterocycles. The molecule has 0 radical (unpaired) electrons. The van der Waals surface area contributed by atoms with E-state index in [2.05, 4.69) is 0 Å². The molecular weight excluding hydrogens is 368 g/mol. The molecule has 1 fully saturated rings. The van der Waals surface area contributed by atoms with E-state index in [-0.39, 0.29) is 12.7 Å². The van der Waals surface area contributed by atoms with Crippen molar-refractivity contribution in [1.82, 2.24) is 0 Å². The number of fused-ring (bicyclic) bond motifs is 1. The molecule has 0 unspecified atom stereocenters. The van der Waals surface area contributed by atoms with Gasteiger partial charge in [0.05, 0.1) is 10.6 Å². The van der Waals surface area contributed by atoms with Gasteiger partial charge in [0.25, 0.3) is 5.91 Å². The van der Waals surface area contributed by atoms with Crippen LogP contribution in [0.3, 0.4) is 0 Å². The summed E-state index contributed by atoms with van der Waals surface area (Å²) in [6.45, 7) is 0.194. The third kappa shape index (κ3) is 3.04. The molecule has 1 saturated heterocycles. The van der Waals surface area contributed by atoms with Gasteiger partial charge in [-0.3, -0.25) is 9.69 Å². The number of carbonyl (C=O) groups excluding carboxylic acids is 1. The zero-order valence-corrected chi connectivity index (χ0v) is 15.9. The predicted octanol–water partition coefficient (Wildman–Crippen LogP) is 3.89. The lowest BCUT2D eigenvalue weighted by Gasteiger charge is -2.14. The Morgan fingerprint density at radius 1 is 1.12 bits per heavy atom. The first kappa shape index (κ1) is 16.9. The van der Waals surface area contributed by atoms with Gasteiger partial charge >= 0.3 is 0 Å². The van der Waals surface area contributed by atoms with Crippen LogP contribution in [0.5, 0.6) is 11.5 Å². The van der Waals surface area contributed by atoms with Crippen LogP contribution in [0.15, 0.2) is 47.4 Å². The summed E-state index contributed by atoms with van der Waals surface area (Å²) < 4.78 is 11.2. The van der Waals surface area contributed by atoms with Gasteiger partial charge in [-0.15, -0.1) is 0 Å². The molecule has 2 aliphatic heterocycles. The smallest absolute Gasteiger partial charge is 0.270 e. The molecule has 26 heavy (non-hydrogen) atoms. The Labute approximate surface area is 161 Å². The Hall–Kier alpha value is -2.51. The molecule has 4 rings (SSSR count). The molecule has 5 nitrogen and oxygen atoms in total. The minimum Gasteiger partial charge on any atom is -0.454 e. The number of amides is 1. The molecule has 0 bridgehead atoms. The quantitative estimate of drug-likeness (QED) is 0.591. The number of nitrogens with zero attached hydrogens (tertiary/aromatic N) is 2. The van der Waals surface area contributed by atoms with Crippen LogP contribution < -0.4 is 19.3 Å². The van der Waals surface area contributed by atoms with Crippen molar-refractivity contribution in [3.05, 3.63) is 52.9 Å². The second kappa shape index (κ2) is 6.66. The van der Waals surface area contributed by atoms with Crippen LogP contribution in [-0.4, -0.2) is 31.1 Å². The Morgan fingerprint density at radius 2 is 1.85 bits per heavy atom. The van der Waals surface area contributed by atoms with Crippen LogP contribution in [0.4, 0.5) is 11.4 Å². The van der Waals surface area contributed by atoms with Gasteiger partial charge in [-0.25, -0.2) is 0 Å². The Kier molecular flexibility index (Phi) is 4.34. The second-order valence-electron chi connectivity index (χ2n) is 6.04. The molecule has 2 aromatic carbocycles. The van der Waals surface area contributed by atoms with Gasteiger partial charge in [0.15, 0.2) is 15.8 Å². The van der Waals surface area contributed by atoms with Gasteiger partial charge in [-0.05, 0) is 35.9 Å². The predicted molar refractivity (Wildman–Crippen MR) is 109 cm³/mol. The zero-order valence-electron chi connectivity index (χ0n) is 14.3. The van der Waals surface area contributed by atoms with Crippen molar-refractivity contribution in [3.8, 4) is 11.5 Å². The summed E-state index contributed by atoms with van der Waals surface area (Å²) >= 11 is 6.73. The Morgan fingerprint density at radius 3 is 2.58 bits per heavy atom. The molecule has 2 aliphatic rings. The molecule has 1 amide bonds. The molecule has 2 aromatic rings. The van der Waals surface area contributed by atoms with Crippen molar-refractivity contribution < 1.29 is 14.3 Å². The van der Waals surface area contributed by atoms with Gasteiger partial charge in [0, 0.05) is 25.8 Å². The van der Waals surface area contributed by atoms with Gasteiger partial charge in [0.1, 0.15) is 0 Å². The van der Waals surface area contributed by atoms with E-state index in [4.69, 9.17) is 21.7 Å². The number of thiocarbonyl (C=S) groups is 1. The summed E-state index contributed by atoms with van der Waals surface area (Å²) in [5.41, 5.74) is 2.75. The minimum absolute atomic E-state index is 0.129. The maximum absolute atomic E-state index is 12.9. The molecule has 0 spiro atoms. The molecule has 0 saturated carbocycles. The fourth-order valence-electron chi connectivity index (χ4n) is 2.73. The van der Waals surface area contributed by atoms with E-state index < -0.39 is 0 Å². The standard InChI is InChI=1S/C19H16N2O3S2/c1-20(2)13-5-3-12(4-6-13)9-17-18(22)21(19(25)26-17)14-7-8-15-16(10-14)24-11-23-15/h3-10H,11H2,1-2H3. The molecule has 132 valence electrons. The summed E-state index contributed by atoms with van der Waals surface area (Å²) in [4.78, 5) is 17.0. The summed E-state index contributed by atoms with van der Waals surface area (Å²) in [6, 6.07) is 13.4. The van der Waals surface area contributed by atoms with Gasteiger partial charge in [-0.1, -0.05) is 36.1 Å². The molecule has 0 aliphatic carbocycles. The van der Waals surface area contributed by atoms with Crippen molar-refractivity contribution in [3.63, 3.8) is 0 Å². The average Bonchev–Trinajstić information content (AvgIpc) is 3.19. The second-order valence-corrected chi connectivity index (χ2v) is 7.72. The van der Waals surface area contributed by atoms with Gasteiger partial charge in [0.2, 0.25) is 6.79 Å². The van der Waals surface area contributed by atoms with E-state index in [1.54, 1.807) is 12.1 Å². The highest BCUT2D eigenvalue weighted by molar-refractivity contribution is 8.27. The number of rotatable bonds is 3. The van der Waals surface area contributed by atoms with E-state index in [0.29, 0.717) is 26.4 Å². The van der Waals surface area contributed by atoms with Crippen molar-refractivity contribution in [1.29, 1.82) is 0 Å². The fraction of sp³-hybridized carbons (Fsp3) is 0.158. The van der Waals surface area contributed by atoms with Gasteiger partial charge < -0.3 is 14.4 Å². The lowest BCUT2D eigenvalue weighted by Crippen LogP contribution is -2.27. The number of hydrogen-bond acceptors (Lipinski definition) is 6. The maximum atomic E-state index is 12.9. The van der Waals surface area contributed by atoms with E-state index in [0.717, 1.165) is 11.3 Å². The van der Waals surface area contributed by atoms with Crippen LogP contribution >= 0.6 is 24.0 Å². The largest absolute Gasteiger partial charge is 0.454 e. The monoisotopic (exact) mass is 384 g/mol. The van der Waals surface area contributed by atoms with Crippen LogP contribution in [0.2, 0.25) is 0 Å². The summed E-state index contributed by atoms with van der Waals surface area (Å²) in [5.74, 6) is 1.17. The molecule has 7 heteroatoms. The Bertz CT molecular complexity index is 923. The van der Waals surface area contributed by atoms with Gasteiger partial charge in [-0.2, -0.15) is 0 Å². The maximum Gasteiger partial charge on any atom is 0.270 e. The van der Waals surface area contributed by atoms with Crippen LogP contribution in [0.25, 0.3) is 6.08 Å². The number of hydrogen-bond donors (Lipinski definition) is 0. The number of benzene rings is 2. The highest BCUT2D eigenvalue weighted by Crippen LogP contribution is 2.40. The lowest BCUT2D eigenvalue weighted by atomic mass is 10.2. The third-order valence-electron chi connectivity index (χ3n) is 4.12. The van der Waals surface area contributed by atoms with E-state index in [9.17, 15) is 4.79 Å². The topological polar surface area (TPSA) is 42.0 Å². The zero-order chi connectivity index (χ0) is 18.3. The van der Waals surface area contributed by atoms with E-state index in [1.165, 1.54) is 16.7 Å². The van der Waals surface area contributed by atoms with E-state index >= 15 is 0 Å². The fourth-order valence-corrected chi connectivity index (χ4v) is 4.03. The number of carbonyl (C=O) groups is 1. The first-order valence-electron chi connectivity index (χ1n) is 7.98. The van der Waals surface area contributed by atoms with Crippen molar-refractivity contribution in [2.45, 2.75) is 0 Å². The number of ether oxygens (including phenoxy) is 2.